The first kappa shape index (κ1) is 16.0. The molecule has 1 aromatic rings. The maximum absolute atomic E-state index is 13.0. The molecule has 0 radical (unpaired) electrons. The Balaban J connectivity index is 2.33. The van der Waals surface area contributed by atoms with Crippen molar-refractivity contribution in [2.24, 2.45) is 5.73 Å². The molecule has 21 heavy (non-hydrogen) atoms. The second-order valence-electron chi connectivity index (χ2n) is 4.72. The summed E-state index contributed by atoms with van der Waals surface area (Å²) in [7, 11) is -3.23. The van der Waals surface area contributed by atoms with Crippen LogP contribution in [0.3, 0.4) is 0 Å². The van der Waals surface area contributed by atoms with Crippen molar-refractivity contribution >= 4 is 27.0 Å². The van der Waals surface area contributed by atoms with Crippen LogP contribution in [-0.4, -0.2) is 31.0 Å². The highest BCUT2D eigenvalue weighted by atomic mass is 32.2. The molecular formula is C12H12F3NO3S2. The summed E-state index contributed by atoms with van der Waals surface area (Å²) in [5.41, 5.74) is 4.38. The lowest BCUT2D eigenvalue weighted by Crippen LogP contribution is -2.21. The van der Waals surface area contributed by atoms with Crippen molar-refractivity contribution in [3.05, 3.63) is 29.3 Å². The largest absolute Gasteiger partial charge is 0.489 e. The van der Waals surface area contributed by atoms with E-state index in [1.165, 1.54) is 6.07 Å². The van der Waals surface area contributed by atoms with Crippen molar-refractivity contribution in [2.45, 2.75) is 18.7 Å². The minimum absolute atomic E-state index is 0.0729. The first-order valence-electron chi connectivity index (χ1n) is 5.96. The second kappa shape index (κ2) is 5.45. The van der Waals surface area contributed by atoms with Crippen LogP contribution >= 0.6 is 12.2 Å². The molecule has 1 aliphatic rings. The van der Waals surface area contributed by atoms with E-state index in [0.29, 0.717) is 0 Å². The van der Waals surface area contributed by atoms with Crippen molar-refractivity contribution in [1.29, 1.82) is 0 Å². The van der Waals surface area contributed by atoms with E-state index in [9.17, 15) is 21.6 Å². The van der Waals surface area contributed by atoms with Gasteiger partial charge in [0.05, 0.1) is 17.1 Å². The van der Waals surface area contributed by atoms with E-state index >= 15 is 0 Å². The van der Waals surface area contributed by atoms with Gasteiger partial charge in [0.2, 0.25) is 0 Å². The normalized spacial score (nSPS) is 21.2. The summed E-state index contributed by atoms with van der Waals surface area (Å²) in [6.07, 6.45) is -5.24. The Morgan fingerprint density at radius 2 is 2.05 bits per heavy atom. The Bertz CT molecular complexity index is 671. The lowest BCUT2D eigenvalue weighted by atomic mass is 10.1. The molecule has 0 saturated carbocycles. The van der Waals surface area contributed by atoms with Gasteiger partial charge in [0.15, 0.2) is 9.84 Å². The maximum atomic E-state index is 13.0. The van der Waals surface area contributed by atoms with Gasteiger partial charge in [-0.3, -0.25) is 0 Å². The molecule has 116 valence electrons. The summed E-state index contributed by atoms with van der Waals surface area (Å²) in [6, 6.07) is 3.24. The monoisotopic (exact) mass is 339 g/mol. The third-order valence-electron chi connectivity index (χ3n) is 3.05. The van der Waals surface area contributed by atoms with Crippen LogP contribution in [0.4, 0.5) is 13.2 Å². The van der Waals surface area contributed by atoms with Crippen molar-refractivity contribution in [2.75, 3.05) is 11.5 Å². The van der Waals surface area contributed by atoms with Crippen molar-refractivity contribution in [3.63, 3.8) is 0 Å². The molecule has 1 aromatic carbocycles. The van der Waals surface area contributed by atoms with Gasteiger partial charge in [-0.1, -0.05) is 12.2 Å². The second-order valence-corrected chi connectivity index (χ2v) is 7.38. The minimum atomic E-state index is -4.65. The third kappa shape index (κ3) is 3.85. The van der Waals surface area contributed by atoms with Gasteiger partial charge in [-0.25, -0.2) is 8.42 Å². The number of rotatable bonds is 3. The van der Waals surface area contributed by atoms with E-state index in [1.54, 1.807) is 0 Å². The van der Waals surface area contributed by atoms with E-state index in [-0.39, 0.29) is 28.5 Å². The summed E-state index contributed by atoms with van der Waals surface area (Å²) < 4.78 is 67.0. The highest BCUT2D eigenvalue weighted by Gasteiger charge is 2.37. The van der Waals surface area contributed by atoms with Gasteiger partial charge in [0.25, 0.3) is 0 Å². The van der Waals surface area contributed by atoms with Crippen LogP contribution in [0.25, 0.3) is 0 Å². The lowest BCUT2D eigenvalue weighted by molar-refractivity contribution is -0.139. The fourth-order valence-electron chi connectivity index (χ4n) is 2.04. The zero-order valence-electron chi connectivity index (χ0n) is 10.7. The molecule has 4 nitrogen and oxygen atoms in total. The first-order valence-corrected chi connectivity index (χ1v) is 8.19. The van der Waals surface area contributed by atoms with Crippen molar-refractivity contribution < 1.29 is 26.3 Å². The quantitative estimate of drug-likeness (QED) is 0.852. The van der Waals surface area contributed by atoms with Gasteiger partial charge in [-0.15, -0.1) is 0 Å². The molecule has 1 fully saturated rings. The van der Waals surface area contributed by atoms with Crippen LogP contribution < -0.4 is 10.5 Å². The number of benzene rings is 1. The first-order chi connectivity index (χ1) is 9.58. The van der Waals surface area contributed by atoms with Crippen LogP contribution in [0.15, 0.2) is 18.2 Å². The van der Waals surface area contributed by atoms with E-state index < -0.39 is 33.4 Å². The highest BCUT2D eigenvalue weighted by molar-refractivity contribution is 7.91. The average Bonchev–Trinajstić information content (AvgIpc) is 2.67. The molecule has 1 saturated heterocycles. The Morgan fingerprint density at radius 1 is 1.38 bits per heavy atom. The number of hydrogen-bond donors (Lipinski definition) is 1. The molecule has 9 heteroatoms. The molecular weight excluding hydrogens is 327 g/mol. The van der Waals surface area contributed by atoms with Gasteiger partial charge in [0, 0.05) is 5.56 Å². The van der Waals surface area contributed by atoms with E-state index in [1.807, 2.05) is 0 Å². The van der Waals surface area contributed by atoms with Crippen LogP contribution in [0.2, 0.25) is 0 Å². The molecule has 1 unspecified atom stereocenters. The maximum Gasteiger partial charge on any atom is 0.419 e. The zero-order valence-corrected chi connectivity index (χ0v) is 12.3. The van der Waals surface area contributed by atoms with Crippen LogP contribution in [0, 0.1) is 0 Å². The minimum Gasteiger partial charge on any atom is -0.489 e. The standard InChI is InChI=1S/C12H12F3NO3S2/c13-12(14,15)9-5-7(11(16)20)1-2-10(9)19-8-3-4-21(17,18)6-8/h1-2,5,8H,3-4,6H2,(H2,16,20). The smallest absolute Gasteiger partial charge is 0.419 e. The molecule has 0 amide bonds. The summed E-state index contributed by atoms with van der Waals surface area (Å²) in [6.45, 7) is 0. The van der Waals surface area contributed by atoms with Crippen LogP contribution in [0.1, 0.15) is 17.5 Å². The van der Waals surface area contributed by atoms with E-state index in [2.05, 4.69) is 12.2 Å². The SMILES string of the molecule is NC(=S)c1ccc(OC2CCS(=O)(=O)C2)c(C(F)(F)F)c1. The predicted molar refractivity (Wildman–Crippen MR) is 75.0 cm³/mol. The molecule has 0 bridgehead atoms. The Kier molecular flexibility index (Phi) is 4.16. The Labute approximate surface area is 125 Å². The summed E-state index contributed by atoms with van der Waals surface area (Å²) >= 11 is 4.65. The van der Waals surface area contributed by atoms with Gasteiger partial charge < -0.3 is 10.5 Å². The van der Waals surface area contributed by atoms with Crippen LogP contribution in [-0.2, 0) is 16.0 Å². The summed E-state index contributed by atoms with van der Waals surface area (Å²) in [5, 5.41) is 0. The van der Waals surface area contributed by atoms with Crippen molar-refractivity contribution in [3.8, 4) is 5.75 Å². The summed E-state index contributed by atoms with van der Waals surface area (Å²) in [4.78, 5) is -0.157. The predicted octanol–water partition coefficient (Wildman–Crippen LogP) is 1.91. The highest BCUT2D eigenvalue weighted by Crippen LogP contribution is 2.38. The molecule has 0 aliphatic carbocycles. The fourth-order valence-corrected chi connectivity index (χ4v) is 3.76. The molecule has 2 N–H and O–H groups in total. The summed E-state index contributed by atoms with van der Waals surface area (Å²) in [5.74, 6) is -0.768. The molecule has 2 rings (SSSR count). The number of ether oxygens (including phenoxy) is 1. The number of thiocarbonyl (C=S) groups is 1. The number of halogens is 3. The van der Waals surface area contributed by atoms with E-state index in [4.69, 9.17) is 10.5 Å². The van der Waals surface area contributed by atoms with Gasteiger partial charge >= 0.3 is 6.18 Å². The van der Waals surface area contributed by atoms with Crippen LogP contribution in [0.5, 0.6) is 5.75 Å². The third-order valence-corrected chi connectivity index (χ3v) is 5.03. The number of hydrogen-bond acceptors (Lipinski definition) is 4. The average molecular weight is 339 g/mol. The van der Waals surface area contributed by atoms with Gasteiger partial charge in [-0.2, -0.15) is 13.2 Å². The lowest BCUT2D eigenvalue weighted by Gasteiger charge is -2.18. The zero-order chi connectivity index (χ0) is 15.8. The molecule has 1 heterocycles. The fraction of sp³-hybridized carbons (Fsp3) is 0.417. The number of nitrogens with two attached hydrogens (primary N) is 1. The Hall–Kier alpha value is -1.35. The number of sulfone groups is 1. The number of alkyl halides is 3. The Morgan fingerprint density at radius 3 is 2.52 bits per heavy atom. The van der Waals surface area contributed by atoms with E-state index in [0.717, 1.165) is 12.1 Å². The van der Waals surface area contributed by atoms with Crippen molar-refractivity contribution in [1.82, 2.24) is 0 Å². The molecule has 0 aromatic heterocycles. The topological polar surface area (TPSA) is 69.4 Å². The van der Waals surface area contributed by atoms with Gasteiger partial charge in [0.1, 0.15) is 16.8 Å². The molecule has 0 spiro atoms. The molecule has 1 atom stereocenters. The molecule has 1 aliphatic heterocycles. The van der Waals surface area contributed by atoms with Gasteiger partial charge in [-0.05, 0) is 24.6 Å².